The van der Waals surface area contributed by atoms with E-state index >= 15 is 0 Å². The van der Waals surface area contributed by atoms with E-state index < -0.39 is 10.0 Å². The van der Waals surface area contributed by atoms with Crippen LogP contribution < -0.4 is 15.2 Å². The molecular weight excluding hydrogens is 304 g/mol. The molecule has 2 heterocycles. The number of benzene rings is 1. The third kappa shape index (κ3) is 2.46. The first-order chi connectivity index (χ1) is 8.98. The number of nitrogens with zero attached hydrogens (tertiary/aromatic N) is 1. The molecule has 0 bridgehead atoms. The molecule has 1 aromatic rings. The number of nitrogens with two attached hydrogens (primary N) is 1. The smallest absolute Gasteiger partial charge is 0.243 e. The number of hydrogen-bond donors (Lipinski definition) is 1. The molecule has 1 aromatic carbocycles. The van der Waals surface area contributed by atoms with Gasteiger partial charge in [0.1, 0.15) is 0 Å². The summed E-state index contributed by atoms with van der Waals surface area (Å²) in [5.41, 5.74) is 6.43. The molecule has 3 rings (SSSR count). The summed E-state index contributed by atoms with van der Waals surface area (Å²) in [5.74, 6) is 1.07. The van der Waals surface area contributed by atoms with Crippen molar-refractivity contribution < 1.29 is 17.9 Å². The van der Waals surface area contributed by atoms with Crippen LogP contribution in [0.5, 0.6) is 11.5 Å². The number of rotatable bonds is 2. The number of halogens is 1. The van der Waals surface area contributed by atoms with Crippen molar-refractivity contribution in [1.82, 2.24) is 4.31 Å². The predicted octanol–water partition coefficient (Wildman–Crippen LogP) is 0.867. The molecule has 0 radical (unpaired) electrons. The van der Waals surface area contributed by atoms with E-state index in [1.165, 1.54) is 10.4 Å². The molecule has 2 aliphatic rings. The molecule has 0 spiro atoms. The Labute approximate surface area is 124 Å². The lowest BCUT2D eigenvalue weighted by Crippen LogP contribution is -2.32. The van der Waals surface area contributed by atoms with E-state index in [-0.39, 0.29) is 30.1 Å². The zero-order chi connectivity index (χ0) is 13.6. The summed E-state index contributed by atoms with van der Waals surface area (Å²) in [5, 5.41) is 0. The van der Waals surface area contributed by atoms with E-state index in [0.29, 0.717) is 36.6 Å². The van der Waals surface area contributed by atoms with E-state index in [1.807, 2.05) is 0 Å². The summed E-state index contributed by atoms with van der Waals surface area (Å²) < 4.78 is 37.1. The van der Waals surface area contributed by atoms with E-state index in [0.717, 1.165) is 0 Å². The summed E-state index contributed by atoms with van der Waals surface area (Å²) in [6, 6.07) is 3.16. The fraction of sp³-hybridized carbons (Fsp3) is 0.500. The average molecular weight is 321 g/mol. The highest BCUT2D eigenvalue weighted by molar-refractivity contribution is 7.89. The molecular formula is C12H17ClN2O4S. The van der Waals surface area contributed by atoms with E-state index in [9.17, 15) is 8.42 Å². The molecule has 0 aliphatic carbocycles. The van der Waals surface area contributed by atoms with Crippen LogP contribution in [-0.2, 0) is 10.0 Å². The summed E-state index contributed by atoms with van der Waals surface area (Å²) >= 11 is 0. The van der Waals surface area contributed by atoms with Gasteiger partial charge in [0.15, 0.2) is 11.5 Å². The summed E-state index contributed by atoms with van der Waals surface area (Å²) in [4.78, 5) is 0.269. The molecule has 8 heteroatoms. The monoisotopic (exact) mass is 320 g/mol. The largest absolute Gasteiger partial charge is 0.454 e. The van der Waals surface area contributed by atoms with Gasteiger partial charge in [-0.3, -0.25) is 0 Å². The van der Waals surface area contributed by atoms with Crippen LogP contribution in [0.15, 0.2) is 17.0 Å². The molecule has 112 valence electrons. The number of aryl methyl sites for hydroxylation is 1. The first kappa shape index (κ1) is 15.4. The second-order valence-corrected chi connectivity index (χ2v) is 6.79. The summed E-state index contributed by atoms with van der Waals surface area (Å²) in [6.45, 7) is 2.73. The van der Waals surface area contributed by atoms with Gasteiger partial charge in [0.25, 0.3) is 0 Å². The fourth-order valence-corrected chi connectivity index (χ4v) is 4.15. The Hall–Kier alpha value is -1.02. The van der Waals surface area contributed by atoms with Crippen LogP contribution in [0.1, 0.15) is 12.0 Å². The molecule has 0 amide bonds. The van der Waals surface area contributed by atoms with Crippen molar-refractivity contribution in [1.29, 1.82) is 0 Å². The van der Waals surface area contributed by atoms with Gasteiger partial charge in [-0.1, -0.05) is 0 Å². The van der Waals surface area contributed by atoms with E-state index in [1.54, 1.807) is 13.0 Å². The third-order valence-electron chi connectivity index (χ3n) is 3.48. The topological polar surface area (TPSA) is 81.9 Å². The molecule has 1 saturated heterocycles. The van der Waals surface area contributed by atoms with Gasteiger partial charge in [-0.05, 0) is 25.0 Å². The zero-order valence-electron chi connectivity index (χ0n) is 11.0. The molecule has 0 saturated carbocycles. The van der Waals surface area contributed by atoms with Crippen LogP contribution in [-0.4, -0.2) is 38.6 Å². The molecule has 1 atom stereocenters. The van der Waals surface area contributed by atoms with Crippen molar-refractivity contribution in [2.45, 2.75) is 24.3 Å². The van der Waals surface area contributed by atoms with Crippen LogP contribution in [0.4, 0.5) is 0 Å². The van der Waals surface area contributed by atoms with Crippen molar-refractivity contribution in [2.24, 2.45) is 5.73 Å². The standard InChI is InChI=1S/C12H16N2O4S.ClH/c1-8-4-10-11(18-7-17-10)5-12(8)19(15,16)14-3-2-9(13)6-14;/h4-5,9H,2-3,6-7,13H2,1H3;1H. The second kappa shape index (κ2) is 5.40. The molecule has 2 aliphatic heterocycles. The highest BCUT2D eigenvalue weighted by Gasteiger charge is 2.33. The normalized spacial score (nSPS) is 21.8. The molecule has 6 nitrogen and oxygen atoms in total. The Kier molecular flexibility index (Phi) is 4.15. The first-order valence-corrected chi connectivity index (χ1v) is 7.58. The molecule has 0 aromatic heterocycles. The van der Waals surface area contributed by atoms with Gasteiger partial charge in [0.05, 0.1) is 4.90 Å². The highest BCUT2D eigenvalue weighted by atomic mass is 35.5. The van der Waals surface area contributed by atoms with Gasteiger partial charge in [-0.2, -0.15) is 4.31 Å². The predicted molar refractivity (Wildman–Crippen MR) is 75.9 cm³/mol. The lowest BCUT2D eigenvalue weighted by Gasteiger charge is -2.17. The summed E-state index contributed by atoms with van der Waals surface area (Å²) in [6.07, 6.45) is 0.697. The number of fused-ring (bicyclic) bond motifs is 1. The van der Waals surface area contributed by atoms with Gasteiger partial charge < -0.3 is 15.2 Å². The third-order valence-corrected chi connectivity index (χ3v) is 5.48. The van der Waals surface area contributed by atoms with Crippen molar-refractivity contribution in [3.05, 3.63) is 17.7 Å². The Morgan fingerprint density at radius 3 is 2.55 bits per heavy atom. The summed E-state index contributed by atoms with van der Waals surface area (Å²) in [7, 11) is -3.51. The zero-order valence-corrected chi connectivity index (χ0v) is 12.7. The van der Waals surface area contributed by atoms with Gasteiger partial charge in [-0.15, -0.1) is 12.4 Å². The number of ether oxygens (including phenoxy) is 2. The first-order valence-electron chi connectivity index (χ1n) is 6.14. The molecule has 1 fully saturated rings. The van der Waals surface area contributed by atoms with Crippen molar-refractivity contribution in [3.63, 3.8) is 0 Å². The lowest BCUT2D eigenvalue weighted by atomic mass is 10.2. The van der Waals surface area contributed by atoms with Crippen LogP contribution in [0, 0.1) is 6.92 Å². The Balaban J connectivity index is 0.00000147. The number of sulfonamides is 1. The van der Waals surface area contributed by atoms with Crippen LogP contribution in [0.25, 0.3) is 0 Å². The van der Waals surface area contributed by atoms with Gasteiger partial charge in [0, 0.05) is 25.2 Å². The molecule has 1 unspecified atom stereocenters. The van der Waals surface area contributed by atoms with Crippen LogP contribution in [0.3, 0.4) is 0 Å². The lowest BCUT2D eigenvalue weighted by molar-refractivity contribution is 0.174. The SMILES string of the molecule is Cc1cc2c(cc1S(=O)(=O)N1CCC(N)C1)OCO2.Cl. The minimum Gasteiger partial charge on any atom is -0.454 e. The van der Waals surface area contributed by atoms with Crippen LogP contribution >= 0.6 is 12.4 Å². The highest BCUT2D eigenvalue weighted by Crippen LogP contribution is 2.37. The average Bonchev–Trinajstić information content (AvgIpc) is 2.96. The van der Waals surface area contributed by atoms with E-state index in [4.69, 9.17) is 15.2 Å². The Morgan fingerprint density at radius 2 is 1.95 bits per heavy atom. The maximum absolute atomic E-state index is 12.6. The maximum Gasteiger partial charge on any atom is 0.243 e. The van der Waals surface area contributed by atoms with Gasteiger partial charge in [0.2, 0.25) is 16.8 Å². The van der Waals surface area contributed by atoms with Gasteiger partial charge in [-0.25, -0.2) is 8.42 Å². The molecule has 20 heavy (non-hydrogen) atoms. The minimum absolute atomic E-state index is 0. The van der Waals surface area contributed by atoms with Gasteiger partial charge >= 0.3 is 0 Å². The fourth-order valence-electron chi connectivity index (χ4n) is 2.41. The van der Waals surface area contributed by atoms with Crippen molar-refractivity contribution >= 4 is 22.4 Å². The quantitative estimate of drug-likeness (QED) is 0.874. The Morgan fingerprint density at radius 1 is 1.30 bits per heavy atom. The van der Waals surface area contributed by atoms with Crippen LogP contribution in [0.2, 0.25) is 0 Å². The second-order valence-electron chi connectivity index (χ2n) is 4.88. The minimum atomic E-state index is -3.51. The van der Waals surface area contributed by atoms with Crippen molar-refractivity contribution in [2.75, 3.05) is 19.9 Å². The number of hydrogen-bond acceptors (Lipinski definition) is 5. The van der Waals surface area contributed by atoms with E-state index in [2.05, 4.69) is 0 Å². The maximum atomic E-state index is 12.6. The Bertz CT molecular complexity index is 620. The molecule has 2 N–H and O–H groups in total. The van der Waals surface area contributed by atoms with Crippen molar-refractivity contribution in [3.8, 4) is 11.5 Å².